The zero-order valence-corrected chi connectivity index (χ0v) is 7.85. The average molecular weight is 193 g/mol. The van der Waals surface area contributed by atoms with Crippen LogP contribution in [0.1, 0.15) is 20.8 Å². The zero-order valence-electron chi connectivity index (χ0n) is 5.39. The van der Waals surface area contributed by atoms with Gasteiger partial charge in [0, 0.05) is 33.1 Å². The summed E-state index contributed by atoms with van der Waals surface area (Å²) in [6.45, 7) is 5.04. The first kappa shape index (κ1) is 11.2. The molecule has 0 bridgehead atoms. The average Bonchev–Trinajstić information content (AvgIpc) is 1.27. The molecule has 0 radical (unpaired) electrons. The van der Waals surface area contributed by atoms with Crippen molar-refractivity contribution in [2.24, 2.45) is 0 Å². The predicted molar refractivity (Wildman–Crippen MR) is 26.9 cm³/mol. The molecule has 2 nitrogen and oxygen atoms in total. The fourth-order valence-corrected chi connectivity index (χ4v) is 0.332. The topological polar surface area (TPSA) is 26.3 Å². The van der Waals surface area contributed by atoms with E-state index >= 15 is 0 Å². The molecule has 0 aromatic rings. The smallest absolute Gasteiger partial charge is 0.302 e. The molecular formula is C5H10O2Zr. The third-order valence-electron chi connectivity index (χ3n) is 0.402. The van der Waals surface area contributed by atoms with Gasteiger partial charge in [0.2, 0.25) is 0 Å². The van der Waals surface area contributed by atoms with Crippen molar-refractivity contribution in [3.63, 3.8) is 0 Å². The van der Waals surface area contributed by atoms with E-state index in [4.69, 9.17) is 0 Å². The summed E-state index contributed by atoms with van der Waals surface area (Å²) in [6, 6.07) is 0. The number of carbonyl (C=O) groups is 1. The van der Waals surface area contributed by atoms with Crippen molar-refractivity contribution < 1.29 is 35.7 Å². The monoisotopic (exact) mass is 192 g/mol. The van der Waals surface area contributed by atoms with Crippen LogP contribution in [0.25, 0.3) is 0 Å². The largest absolute Gasteiger partial charge is 0.463 e. The summed E-state index contributed by atoms with van der Waals surface area (Å²) < 4.78 is 4.61. The Bertz CT molecular complexity index is 70.8. The second kappa shape index (κ2) is 5.49. The molecule has 0 aromatic heterocycles. The first-order chi connectivity index (χ1) is 3.13. The molecular weight excluding hydrogens is 183 g/mol. The minimum absolute atomic E-state index is 0. The van der Waals surface area contributed by atoms with E-state index in [0.717, 1.165) is 0 Å². The molecule has 0 amide bonds. The Kier molecular flexibility index (Phi) is 7.68. The molecule has 8 heavy (non-hydrogen) atoms. The summed E-state index contributed by atoms with van der Waals surface area (Å²) in [7, 11) is 0. The Labute approximate surface area is 68.7 Å². The molecule has 0 aromatic carbocycles. The van der Waals surface area contributed by atoms with Crippen molar-refractivity contribution in [1.29, 1.82) is 0 Å². The summed E-state index contributed by atoms with van der Waals surface area (Å²) in [5.74, 6) is -0.213. The normalized spacial score (nSPS) is 8.00. The van der Waals surface area contributed by atoms with Crippen LogP contribution in [0.2, 0.25) is 0 Å². The minimum atomic E-state index is -0.213. The fraction of sp³-hybridized carbons (Fsp3) is 0.800. The molecule has 0 saturated heterocycles. The minimum Gasteiger partial charge on any atom is -0.463 e. The van der Waals surface area contributed by atoms with Crippen LogP contribution in [0.15, 0.2) is 0 Å². The van der Waals surface area contributed by atoms with Crippen molar-refractivity contribution >= 4 is 5.97 Å². The van der Waals surface area contributed by atoms with Gasteiger partial charge in [-0.15, -0.1) is 0 Å². The Morgan fingerprint density at radius 2 is 1.88 bits per heavy atom. The van der Waals surface area contributed by atoms with Gasteiger partial charge in [0.15, 0.2) is 0 Å². The van der Waals surface area contributed by atoms with E-state index in [-0.39, 0.29) is 38.3 Å². The SMILES string of the molecule is CC(=O)OC(C)C.[Zr]. The second-order valence-electron chi connectivity index (χ2n) is 1.66. The molecule has 0 aliphatic rings. The fourth-order valence-electron chi connectivity index (χ4n) is 0.332. The van der Waals surface area contributed by atoms with E-state index in [9.17, 15) is 4.79 Å². The maximum Gasteiger partial charge on any atom is 0.302 e. The zero-order chi connectivity index (χ0) is 5.86. The van der Waals surface area contributed by atoms with Crippen LogP contribution >= 0.6 is 0 Å². The van der Waals surface area contributed by atoms with E-state index in [1.54, 1.807) is 0 Å². The maximum atomic E-state index is 10.0. The van der Waals surface area contributed by atoms with Gasteiger partial charge in [-0.25, -0.2) is 0 Å². The number of carbonyl (C=O) groups excluding carboxylic acids is 1. The van der Waals surface area contributed by atoms with Crippen molar-refractivity contribution in [1.82, 2.24) is 0 Å². The predicted octanol–water partition coefficient (Wildman–Crippen LogP) is 0.955. The Balaban J connectivity index is 0. The van der Waals surface area contributed by atoms with Gasteiger partial charge in [0.1, 0.15) is 0 Å². The molecule has 0 unspecified atom stereocenters. The molecule has 0 rings (SSSR count). The number of esters is 1. The summed E-state index contributed by atoms with van der Waals surface area (Å²) in [6.07, 6.45) is 0.0255. The molecule has 0 heterocycles. The molecule has 3 heteroatoms. The van der Waals surface area contributed by atoms with Gasteiger partial charge >= 0.3 is 5.97 Å². The van der Waals surface area contributed by atoms with E-state index in [1.165, 1.54) is 6.92 Å². The summed E-state index contributed by atoms with van der Waals surface area (Å²) >= 11 is 0. The van der Waals surface area contributed by atoms with Crippen LogP contribution in [0.5, 0.6) is 0 Å². The van der Waals surface area contributed by atoms with E-state index in [0.29, 0.717) is 0 Å². The van der Waals surface area contributed by atoms with Crippen LogP contribution in [-0.4, -0.2) is 12.1 Å². The van der Waals surface area contributed by atoms with Gasteiger partial charge in [0.05, 0.1) is 6.10 Å². The number of rotatable bonds is 1. The van der Waals surface area contributed by atoms with Gasteiger partial charge in [-0.1, -0.05) is 0 Å². The molecule has 0 aliphatic heterocycles. The first-order valence-electron chi connectivity index (χ1n) is 2.30. The van der Waals surface area contributed by atoms with Crippen LogP contribution in [0.3, 0.4) is 0 Å². The maximum absolute atomic E-state index is 10.0. The van der Waals surface area contributed by atoms with Gasteiger partial charge < -0.3 is 4.74 Å². The molecule has 0 spiro atoms. The van der Waals surface area contributed by atoms with E-state index in [1.807, 2.05) is 13.8 Å². The van der Waals surface area contributed by atoms with E-state index in [2.05, 4.69) is 4.74 Å². The Morgan fingerprint density at radius 3 is 1.88 bits per heavy atom. The molecule has 46 valence electrons. The van der Waals surface area contributed by atoms with Gasteiger partial charge in [-0.2, -0.15) is 0 Å². The molecule has 0 fully saturated rings. The van der Waals surface area contributed by atoms with Crippen molar-refractivity contribution in [3.05, 3.63) is 0 Å². The van der Waals surface area contributed by atoms with Crippen molar-refractivity contribution in [3.8, 4) is 0 Å². The molecule has 0 N–H and O–H groups in total. The second-order valence-corrected chi connectivity index (χ2v) is 1.66. The quantitative estimate of drug-likeness (QED) is 0.580. The van der Waals surface area contributed by atoms with Crippen LogP contribution in [0, 0.1) is 0 Å². The molecule has 0 atom stereocenters. The standard InChI is InChI=1S/C5H10O2.Zr/c1-4(2)7-5(3)6;/h4H,1-3H3;. The molecule has 0 aliphatic carbocycles. The Morgan fingerprint density at radius 1 is 1.50 bits per heavy atom. The number of hydrogen-bond acceptors (Lipinski definition) is 2. The van der Waals surface area contributed by atoms with Crippen molar-refractivity contribution in [2.45, 2.75) is 26.9 Å². The third kappa shape index (κ3) is 9.61. The van der Waals surface area contributed by atoms with Crippen LogP contribution < -0.4 is 0 Å². The Hall–Kier alpha value is 0.353. The summed E-state index contributed by atoms with van der Waals surface area (Å²) in [5.41, 5.74) is 0. The number of hydrogen-bond donors (Lipinski definition) is 0. The third-order valence-corrected chi connectivity index (χ3v) is 0.402. The van der Waals surface area contributed by atoms with Gasteiger partial charge in [-0.3, -0.25) is 4.79 Å². The molecule has 0 saturated carbocycles. The van der Waals surface area contributed by atoms with Gasteiger partial charge in [-0.05, 0) is 13.8 Å². The first-order valence-corrected chi connectivity index (χ1v) is 2.30. The van der Waals surface area contributed by atoms with Crippen LogP contribution in [-0.2, 0) is 35.7 Å². The summed E-state index contributed by atoms with van der Waals surface area (Å²) in [5, 5.41) is 0. The van der Waals surface area contributed by atoms with Crippen molar-refractivity contribution in [2.75, 3.05) is 0 Å². The van der Waals surface area contributed by atoms with E-state index < -0.39 is 0 Å². The van der Waals surface area contributed by atoms with Gasteiger partial charge in [0.25, 0.3) is 0 Å². The van der Waals surface area contributed by atoms with Crippen LogP contribution in [0.4, 0.5) is 0 Å². The summed E-state index contributed by atoms with van der Waals surface area (Å²) in [4.78, 5) is 10.0. The number of ether oxygens (including phenoxy) is 1.